The van der Waals surface area contributed by atoms with Crippen molar-refractivity contribution in [3.63, 3.8) is 0 Å². The molecule has 0 amide bonds. The average Bonchev–Trinajstić information content (AvgIpc) is 2.81. The molecule has 0 radical (unpaired) electrons. The molecule has 2 aromatic heterocycles. The lowest BCUT2D eigenvalue weighted by Gasteiger charge is -2.05. The summed E-state index contributed by atoms with van der Waals surface area (Å²) >= 11 is 1.06. The highest BCUT2D eigenvalue weighted by atomic mass is 32.1. The molecule has 0 saturated carbocycles. The predicted molar refractivity (Wildman–Crippen MR) is 67.7 cm³/mol. The van der Waals surface area contributed by atoms with Gasteiger partial charge < -0.3 is 5.32 Å². The molecule has 7 heteroatoms. The van der Waals surface area contributed by atoms with Crippen LogP contribution in [0.25, 0.3) is 10.6 Å². The van der Waals surface area contributed by atoms with Crippen LogP contribution in [0.3, 0.4) is 0 Å². The van der Waals surface area contributed by atoms with Crippen molar-refractivity contribution in [2.75, 3.05) is 6.54 Å². The van der Waals surface area contributed by atoms with Crippen LogP contribution in [0, 0.1) is 0 Å². The topological polar surface area (TPSA) is 37.8 Å². The fourth-order valence-electron chi connectivity index (χ4n) is 1.55. The Bertz CT molecular complexity index is 537. The highest BCUT2D eigenvalue weighted by Gasteiger charge is 2.37. The Morgan fingerprint density at radius 1 is 1.26 bits per heavy atom. The molecular formula is C12H12F3N3S. The Hall–Kier alpha value is -1.47. The van der Waals surface area contributed by atoms with Crippen LogP contribution >= 0.6 is 11.3 Å². The summed E-state index contributed by atoms with van der Waals surface area (Å²) in [6, 6.07) is 3.30. The maximum Gasteiger partial charge on any atom is 0.434 e. The molecule has 0 saturated heterocycles. The highest BCUT2D eigenvalue weighted by Crippen LogP contribution is 2.37. The first-order chi connectivity index (χ1) is 9.02. The first-order valence-corrected chi connectivity index (χ1v) is 6.52. The maximum atomic E-state index is 12.9. The summed E-state index contributed by atoms with van der Waals surface area (Å²) in [5.74, 6) is 0. The molecule has 0 aliphatic heterocycles. The average molecular weight is 287 g/mol. The number of alkyl halides is 3. The van der Waals surface area contributed by atoms with Gasteiger partial charge in [0, 0.05) is 24.5 Å². The van der Waals surface area contributed by atoms with Crippen molar-refractivity contribution < 1.29 is 13.2 Å². The molecule has 2 heterocycles. The molecule has 0 atom stereocenters. The smallest absolute Gasteiger partial charge is 0.312 e. The summed E-state index contributed by atoms with van der Waals surface area (Å²) in [7, 11) is 0. The third-order valence-electron chi connectivity index (χ3n) is 2.43. The van der Waals surface area contributed by atoms with Gasteiger partial charge in [-0.25, -0.2) is 4.98 Å². The van der Waals surface area contributed by atoms with Crippen molar-refractivity contribution in [2.45, 2.75) is 19.6 Å². The zero-order valence-electron chi connectivity index (χ0n) is 10.2. The minimum atomic E-state index is -4.42. The van der Waals surface area contributed by atoms with Gasteiger partial charge in [-0.1, -0.05) is 6.92 Å². The molecular weight excluding hydrogens is 275 g/mol. The Labute approximate surface area is 112 Å². The number of nitrogens with one attached hydrogen (secondary N) is 1. The number of aromatic nitrogens is 2. The summed E-state index contributed by atoms with van der Waals surface area (Å²) in [5.41, 5.74) is -0.154. The van der Waals surface area contributed by atoms with Gasteiger partial charge in [0.25, 0.3) is 0 Å². The minimum Gasteiger partial charge on any atom is -0.312 e. The number of thiazole rings is 1. The number of hydrogen-bond donors (Lipinski definition) is 1. The quantitative estimate of drug-likeness (QED) is 0.937. The lowest BCUT2D eigenvalue weighted by molar-refractivity contribution is -0.141. The van der Waals surface area contributed by atoms with Crippen LogP contribution in [0.15, 0.2) is 24.5 Å². The lowest BCUT2D eigenvalue weighted by Crippen LogP contribution is -2.15. The van der Waals surface area contributed by atoms with Crippen LogP contribution in [-0.4, -0.2) is 16.5 Å². The van der Waals surface area contributed by atoms with E-state index in [1.807, 2.05) is 6.92 Å². The molecule has 19 heavy (non-hydrogen) atoms. The summed E-state index contributed by atoms with van der Waals surface area (Å²) in [6.07, 6.45) is -1.35. The standard InChI is InChI=1S/C12H12F3N3S/c1-2-16-7-9-10(12(13,14)15)18-11(19-9)8-3-5-17-6-4-8/h3-6,16H,2,7H2,1H3. The fourth-order valence-corrected chi connectivity index (χ4v) is 2.61. The van der Waals surface area contributed by atoms with E-state index in [0.29, 0.717) is 17.1 Å². The Morgan fingerprint density at radius 2 is 1.95 bits per heavy atom. The molecule has 2 rings (SSSR count). The van der Waals surface area contributed by atoms with Crippen molar-refractivity contribution in [1.29, 1.82) is 0 Å². The summed E-state index contributed by atoms with van der Waals surface area (Å²) in [5, 5.41) is 3.26. The molecule has 0 aromatic carbocycles. The van der Waals surface area contributed by atoms with Crippen LogP contribution in [0.1, 0.15) is 17.5 Å². The number of pyridine rings is 1. The third-order valence-corrected chi connectivity index (χ3v) is 3.53. The predicted octanol–water partition coefficient (Wildman–Crippen LogP) is 3.33. The van der Waals surface area contributed by atoms with E-state index in [-0.39, 0.29) is 11.4 Å². The van der Waals surface area contributed by atoms with Crippen molar-refractivity contribution >= 4 is 11.3 Å². The Balaban J connectivity index is 2.40. The molecule has 2 aromatic rings. The summed E-state index contributed by atoms with van der Waals surface area (Å²) in [4.78, 5) is 7.78. The molecule has 0 aliphatic carbocycles. The van der Waals surface area contributed by atoms with E-state index in [9.17, 15) is 13.2 Å². The van der Waals surface area contributed by atoms with Gasteiger partial charge in [-0.3, -0.25) is 4.98 Å². The van der Waals surface area contributed by atoms with Gasteiger partial charge in [0.15, 0.2) is 5.69 Å². The molecule has 0 spiro atoms. The number of nitrogens with zero attached hydrogens (tertiary/aromatic N) is 2. The largest absolute Gasteiger partial charge is 0.434 e. The Morgan fingerprint density at radius 3 is 2.53 bits per heavy atom. The number of halogens is 3. The lowest BCUT2D eigenvalue weighted by atomic mass is 10.3. The monoisotopic (exact) mass is 287 g/mol. The molecule has 0 unspecified atom stereocenters. The normalized spacial score (nSPS) is 11.8. The van der Waals surface area contributed by atoms with Gasteiger partial charge >= 0.3 is 6.18 Å². The third kappa shape index (κ3) is 3.30. The summed E-state index contributed by atoms with van der Waals surface area (Å²) in [6.45, 7) is 2.63. The summed E-state index contributed by atoms with van der Waals surface area (Å²) < 4.78 is 38.7. The second kappa shape index (κ2) is 5.66. The first-order valence-electron chi connectivity index (χ1n) is 5.70. The van der Waals surface area contributed by atoms with Crippen molar-refractivity contribution in [3.8, 4) is 10.6 Å². The maximum absolute atomic E-state index is 12.9. The SMILES string of the molecule is CCNCc1sc(-c2ccncc2)nc1C(F)(F)F. The van der Waals surface area contributed by atoms with Gasteiger partial charge in [-0.15, -0.1) is 11.3 Å². The number of rotatable bonds is 4. The highest BCUT2D eigenvalue weighted by molar-refractivity contribution is 7.15. The second-order valence-electron chi connectivity index (χ2n) is 3.80. The molecule has 0 aliphatic rings. The zero-order chi connectivity index (χ0) is 13.9. The van der Waals surface area contributed by atoms with Gasteiger partial charge in [0.05, 0.1) is 4.88 Å². The molecule has 0 fully saturated rings. The zero-order valence-corrected chi connectivity index (χ0v) is 11.0. The van der Waals surface area contributed by atoms with Crippen LogP contribution in [0.4, 0.5) is 13.2 Å². The molecule has 0 bridgehead atoms. The van der Waals surface area contributed by atoms with Crippen molar-refractivity contribution in [1.82, 2.24) is 15.3 Å². The van der Waals surface area contributed by atoms with E-state index >= 15 is 0 Å². The van der Waals surface area contributed by atoms with Crippen LogP contribution in [0.2, 0.25) is 0 Å². The second-order valence-corrected chi connectivity index (χ2v) is 4.89. The Kier molecular flexibility index (Phi) is 4.16. The van der Waals surface area contributed by atoms with E-state index in [1.54, 1.807) is 12.1 Å². The van der Waals surface area contributed by atoms with Gasteiger partial charge in [0.1, 0.15) is 5.01 Å². The fraction of sp³-hybridized carbons (Fsp3) is 0.333. The van der Waals surface area contributed by atoms with Crippen molar-refractivity contribution in [3.05, 3.63) is 35.1 Å². The van der Waals surface area contributed by atoms with E-state index in [0.717, 1.165) is 11.3 Å². The number of hydrogen-bond acceptors (Lipinski definition) is 4. The van der Waals surface area contributed by atoms with Gasteiger partial charge in [-0.2, -0.15) is 13.2 Å². The van der Waals surface area contributed by atoms with Crippen LogP contribution in [-0.2, 0) is 12.7 Å². The molecule has 1 N–H and O–H groups in total. The molecule has 3 nitrogen and oxygen atoms in total. The van der Waals surface area contributed by atoms with Crippen LogP contribution in [0.5, 0.6) is 0 Å². The van der Waals surface area contributed by atoms with E-state index in [2.05, 4.69) is 15.3 Å². The minimum absolute atomic E-state index is 0.175. The van der Waals surface area contributed by atoms with E-state index in [1.165, 1.54) is 12.4 Å². The van der Waals surface area contributed by atoms with Gasteiger partial charge in [0.2, 0.25) is 0 Å². The van der Waals surface area contributed by atoms with E-state index in [4.69, 9.17) is 0 Å². The van der Waals surface area contributed by atoms with Gasteiger partial charge in [-0.05, 0) is 18.7 Å². The first kappa shape index (κ1) is 14.0. The van der Waals surface area contributed by atoms with Crippen LogP contribution < -0.4 is 5.32 Å². The van der Waals surface area contributed by atoms with Crippen molar-refractivity contribution in [2.24, 2.45) is 0 Å². The molecule has 102 valence electrons. The van der Waals surface area contributed by atoms with E-state index < -0.39 is 11.9 Å².